The van der Waals surface area contributed by atoms with Crippen LogP contribution in [-0.4, -0.2) is 53.2 Å². The van der Waals surface area contributed by atoms with Gasteiger partial charge in [0.15, 0.2) is 0 Å². The Kier molecular flexibility index (Phi) is 5.11. The van der Waals surface area contributed by atoms with Crippen LogP contribution in [0.3, 0.4) is 0 Å². The van der Waals surface area contributed by atoms with Crippen LogP contribution >= 0.6 is 0 Å². The van der Waals surface area contributed by atoms with Crippen molar-refractivity contribution in [3.05, 3.63) is 59.4 Å². The zero-order chi connectivity index (χ0) is 19.7. The first-order valence-electron chi connectivity index (χ1n) is 10.2. The molecule has 2 aliphatic rings. The number of aliphatic hydroxyl groups excluding tert-OH is 1. The standard InChI is InChI=1S/C23H29N3O2/c1-17-4-5-18(2)20(14-17)22(28)26-12-3-9-23(16-26)15-25(13-8-21(23)27)19-6-10-24-11-7-19/h4-7,10-11,14,21,27H,3,8-9,12-13,15-16H2,1-2H3/t21-,23-/m1/s1. The van der Waals surface area contributed by atoms with Crippen LogP contribution in [0.1, 0.15) is 40.7 Å². The second kappa shape index (κ2) is 7.55. The summed E-state index contributed by atoms with van der Waals surface area (Å²) in [5, 5.41) is 10.9. The number of rotatable bonds is 2. The lowest BCUT2D eigenvalue weighted by Gasteiger charge is -2.51. The number of aromatic nitrogens is 1. The first kappa shape index (κ1) is 18.9. The number of hydrogen-bond acceptors (Lipinski definition) is 4. The quantitative estimate of drug-likeness (QED) is 0.871. The van der Waals surface area contributed by atoms with E-state index in [1.54, 1.807) is 0 Å². The van der Waals surface area contributed by atoms with E-state index in [-0.39, 0.29) is 17.4 Å². The van der Waals surface area contributed by atoms with Crippen LogP contribution in [-0.2, 0) is 0 Å². The molecule has 3 heterocycles. The lowest BCUT2D eigenvalue weighted by atomic mass is 9.71. The maximum absolute atomic E-state index is 13.3. The van der Waals surface area contributed by atoms with Crippen molar-refractivity contribution >= 4 is 11.6 Å². The van der Waals surface area contributed by atoms with E-state index >= 15 is 0 Å². The van der Waals surface area contributed by atoms with Crippen molar-refractivity contribution in [1.29, 1.82) is 0 Å². The molecule has 28 heavy (non-hydrogen) atoms. The molecule has 1 N–H and O–H groups in total. The molecular weight excluding hydrogens is 350 g/mol. The summed E-state index contributed by atoms with van der Waals surface area (Å²) >= 11 is 0. The van der Waals surface area contributed by atoms with E-state index in [9.17, 15) is 9.90 Å². The summed E-state index contributed by atoms with van der Waals surface area (Å²) < 4.78 is 0. The van der Waals surface area contributed by atoms with Gasteiger partial charge in [-0.05, 0) is 56.9 Å². The second-order valence-corrected chi connectivity index (χ2v) is 8.44. The highest BCUT2D eigenvalue weighted by atomic mass is 16.3. The van der Waals surface area contributed by atoms with Crippen LogP contribution in [0, 0.1) is 19.3 Å². The average molecular weight is 380 g/mol. The summed E-state index contributed by atoms with van der Waals surface area (Å²) in [6.45, 7) is 6.99. The Hall–Kier alpha value is -2.40. The largest absolute Gasteiger partial charge is 0.392 e. The maximum atomic E-state index is 13.3. The van der Waals surface area contributed by atoms with Gasteiger partial charge >= 0.3 is 0 Å². The van der Waals surface area contributed by atoms with Crippen LogP contribution in [0.4, 0.5) is 5.69 Å². The topological polar surface area (TPSA) is 56.7 Å². The lowest BCUT2D eigenvalue weighted by molar-refractivity contribution is -0.0361. The van der Waals surface area contributed by atoms with Crippen LogP contribution in [0.2, 0.25) is 0 Å². The number of nitrogens with zero attached hydrogens (tertiary/aromatic N) is 3. The second-order valence-electron chi connectivity index (χ2n) is 8.44. The zero-order valence-corrected chi connectivity index (χ0v) is 16.8. The summed E-state index contributed by atoms with van der Waals surface area (Å²) in [4.78, 5) is 21.7. The molecule has 2 fully saturated rings. The van der Waals surface area contributed by atoms with E-state index in [1.807, 2.05) is 61.5 Å². The Morgan fingerprint density at radius 3 is 2.71 bits per heavy atom. The SMILES string of the molecule is Cc1ccc(C)c(C(=O)N2CCC[C@]3(C2)CN(c2ccncc2)CC[C@H]3O)c1. The molecule has 0 bridgehead atoms. The highest BCUT2D eigenvalue weighted by Crippen LogP contribution is 2.40. The Balaban J connectivity index is 1.57. The number of anilines is 1. The van der Waals surface area contributed by atoms with Crippen molar-refractivity contribution in [1.82, 2.24) is 9.88 Å². The molecule has 2 aromatic rings. The molecule has 1 aromatic carbocycles. The molecule has 2 aliphatic heterocycles. The molecular formula is C23H29N3O2. The smallest absolute Gasteiger partial charge is 0.254 e. The highest BCUT2D eigenvalue weighted by molar-refractivity contribution is 5.96. The summed E-state index contributed by atoms with van der Waals surface area (Å²) in [7, 11) is 0. The first-order valence-corrected chi connectivity index (χ1v) is 10.2. The molecule has 0 saturated carbocycles. The normalized spacial score (nSPS) is 25.2. The Labute approximate surface area is 167 Å². The number of carbonyl (C=O) groups is 1. The molecule has 0 unspecified atom stereocenters. The van der Waals surface area contributed by atoms with E-state index in [4.69, 9.17) is 0 Å². The summed E-state index contributed by atoms with van der Waals surface area (Å²) in [5.41, 5.74) is 3.76. The molecule has 1 spiro atoms. The number of amides is 1. The van der Waals surface area contributed by atoms with Crippen molar-refractivity contribution < 1.29 is 9.90 Å². The Bertz CT molecular complexity index is 854. The van der Waals surface area contributed by atoms with Crippen molar-refractivity contribution in [2.45, 2.75) is 39.2 Å². The fraction of sp³-hybridized carbons (Fsp3) is 0.478. The van der Waals surface area contributed by atoms with Crippen LogP contribution in [0.25, 0.3) is 0 Å². The Morgan fingerprint density at radius 2 is 1.93 bits per heavy atom. The van der Waals surface area contributed by atoms with E-state index < -0.39 is 0 Å². The fourth-order valence-corrected chi connectivity index (χ4v) is 4.80. The third kappa shape index (κ3) is 3.51. The lowest BCUT2D eigenvalue weighted by Crippen LogP contribution is -2.60. The van der Waals surface area contributed by atoms with Gasteiger partial charge in [-0.3, -0.25) is 9.78 Å². The van der Waals surface area contributed by atoms with E-state index in [2.05, 4.69) is 9.88 Å². The van der Waals surface area contributed by atoms with Gasteiger partial charge in [0.05, 0.1) is 6.10 Å². The molecule has 5 heteroatoms. The van der Waals surface area contributed by atoms with Gasteiger partial charge in [0.2, 0.25) is 0 Å². The molecule has 2 saturated heterocycles. The number of benzene rings is 1. The summed E-state index contributed by atoms with van der Waals surface area (Å²) in [6.07, 6.45) is 5.85. The van der Waals surface area contributed by atoms with Crippen LogP contribution in [0.15, 0.2) is 42.7 Å². The number of pyridine rings is 1. The number of carbonyl (C=O) groups excluding carboxylic acids is 1. The molecule has 148 valence electrons. The monoisotopic (exact) mass is 379 g/mol. The minimum Gasteiger partial charge on any atom is -0.392 e. The minimum absolute atomic E-state index is 0.0912. The van der Waals surface area contributed by atoms with Gasteiger partial charge in [0.1, 0.15) is 0 Å². The van der Waals surface area contributed by atoms with Gasteiger partial charge in [0.25, 0.3) is 5.91 Å². The van der Waals surface area contributed by atoms with Crippen molar-refractivity contribution in [3.8, 4) is 0 Å². The number of aryl methyl sites for hydroxylation is 2. The van der Waals surface area contributed by atoms with E-state index in [0.717, 1.165) is 61.3 Å². The summed E-state index contributed by atoms with van der Waals surface area (Å²) in [5.74, 6) is 0.0912. The first-order chi connectivity index (χ1) is 13.5. The Morgan fingerprint density at radius 1 is 1.14 bits per heavy atom. The van der Waals surface area contributed by atoms with Crippen molar-refractivity contribution in [2.24, 2.45) is 5.41 Å². The van der Waals surface area contributed by atoms with E-state index in [0.29, 0.717) is 6.54 Å². The molecule has 0 radical (unpaired) electrons. The van der Waals surface area contributed by atoms with Gasteiger partial charge in [0, 0.05) is 55.2 Å². The van der Waals surface area contributed by atoms with Gasteiger partial charge in [-0.2, -0.15) is 0 Å². The third-order valence-electron chi connectivity index (χ3n) is 6.43. The van der Waals surface area contributed by atoms with Crippen LogP contribution in [0.5, 0.6) is 0 Å². The molecule has 4 rings (SSSR count). The van der Waals surface area contributed by atoms with Crippen molar-refractivity contribution in [2.75, 3.05) is 31.1 Å². The number of aliphatic hydroxyl groups is 1. The fourth-order valence-electron chi connectivity index (χ4n) is 4.80. The predicted molar refractivity (Wildman–Crippen MR) is 111 cm³/mol. The number of piperidine rings is 2. The molecule has 0 aliphatic carbocycles. The predicted octanol–water partition coefficient (Wildman–Crippen LogP) is 3.19. The average Bonchev–Trinajstić information content (AvgIpc) is 2.72. The van der Waals surface area contributed by atoms with Gasteiger partial charge in [-0.1, -0.05) is 17.7 Å². The van der Waals surface area contributed by atoms with Crippen LogP contribution < -0.4 is 4.90 Å². The number of hydrogen-bond donors (Lipinski definition) is 1. The zero-order valence-electron chi connectivity index (χ0n) is 16.8. The molecule has 5 nitrogen and oxygen atoms in total. The van der Waals surface area contributed by atoms with Crippen molar-refractivity contribution in [3.63, 3.8) is 0 Å². The molecule has 2 atom stereocenters. The highest BCUT2D eigenvalue weighted by Gasteiger charge is 2.46. The van der Waals surface area contributed by atoms with Gasteiger partial charge < -0.3 is 14.9 Å². The molecule has 1 amide bonds. The molecule has 1 aromatic heterocycles. The van der Waals surface area contributed by atoms with E-state index in [1.165, 1.54) is 0 Å². The third-order valence-corrected chi connectivity index (χ3v) is 6.43. The van der Waals surface area contributed by atoms with Gasteiger partial charge in [-0.25, -0.2) is 0 Å². The summed E-state index contributed by atoms with van der Waals surface area (Å²) in [6, 6.07) is 10.1. The maximum Gasteiger partial charge on any atom is 0.254 e. The van der Waals surface area contributed by atoms with Gasteiger partial charge in [-0.15, -0.1) is 0 Å². The number of likely N-dealkylation sites (tertiary alicyclic amines) is 1. The minimum atomic E-state index is -0.375.